The van der Waals surface area contributed by atoms with Crippen LogP contribution in [-0.4, -0.2) is 29.3 Å². The van der Waals surface area contributed by atoms with E-state index in [0.717, 1.165) is 0 Å². The molecule has 168 valence electrons. The summed E-state index contributed by atoms with van der Waals surface area (Å²) >= 11 is 0. The number of nitrogens with one attached hydrogen (secondary N) is 1. The van der Waals surface area contributed by atoms with Crippen molar-refractivity contribution >= 4 is 34.7 Å². The van der Waals surface area contributed by atoms with Crippen LogP contribution in [0.1, 0.15) is 31.2 Å². The highest BCUT2D eigenvalue weighted by Gasteiger charge is 2.48. The highest BCUT2D eigenvalue weighted by molar-refractivity contribution is 6.51. The first-order chi connectivity index (χ1) is 15.9. The van der Waals surface area contributed by atoms with Gasteiger partial charge in [-0.1, -0.05) is 6.07 Å². The van der Waals surface area contributed by atoms with Crippen LogP contribution in [0.5, 0.6) is 5.75 Å². The van der Waals surface area contributed by atoms with Gasteiger partial charge in [-0.3, -0.25) is 19.3 Å². The first-order valence-electron chi connectivity index (χ1n) is 10.4. The van der Waals surface area contributed by atoms with Crippen LogP contribution in [-0.2, 0) is 14.4 Å². The quantitative estimate of drug-likeness (QED) is 0.333. The lowest BCUT2D eigenvalue weighted by Crippen LogP contribution is -2.29. The summed E-state index contributed by atoms with van der Waals surface area (Å²) in [5, 5.41) is 13.7. The second-order valence-corrected chi connectivity index (χ2v) is 7.37. The smallest absolute Gasteiger partial charge is 0.300 e. The third-order valence-electron chi connectivity index (χ3n) is 5.14. The molecule has 0 bridgehead atoms. The van der Waals surface area contributed by atoms with Gasteiger partial charge in [-0.05, 0) is 61.5 Å². The van der Waals surface area contributed by atoms with Crippen LogP contribution in [0.4, 0.5) is 11.4 Å². The van der Waals surface area contributed by atoms with Gasteiger partial charge in [0.15, 0.2) is 0 Å². The maximum Gasteiger partial charge on any atom is 0.300 e. The van der Waals surface area contributed by atoms with Crippen LogP contribution in [0, 0.1) is 0 Å². The van der Waals surface area contributed by atoms with Gasteiger partial charge in [0.2, 0.25) is 5.91 Å². The molecule has 1 aliphatic rings. The van der Waals surface area contributed by atoms with Crippen LogP contribution in [0.2, 0.25) is 0 Å². The molecule has 8 heteroatoms. The minimum absolute atomic E-state index is 0.0935. The van der Waals surface area contributed by atoms with Gasteiger partial charge in [0.05, 0.1) is 18.4 Å². The number of carbonyl (C=O) groups is 3. The third kappa shape index (κ3) is 4.23. The van der Waals surface area contributed by atoms with Gasteiger partial charge in [-0.25, -0.2) is 0 Å². The van der Waals surface area contributed by atoms with Crippen molar-refractivity contribution < 1.29 is 28.6 Å². The number of carbonyl (C=O) groups excluding carboxylic acids is 3. The topological polar surface area (TPSA) is 109 Å². The van der Waals surface area contributed by atoms with Gasteiger partial charge in [0.1, 0.15) is 23.3 Å². The largest absolute Gasteiger partial charge is 0.507 e. The van der Waals surface area contributed by atoms with E-state index in [1.165, 1.54) is 18.1 Å². The van der Waals surface area contributed by atoms with Crippen molar-refractivity contribution in [2.75, 3.05) is 16.8 Å². The first kappa shape index (κ1) is 21.9. The second-order valence-electron chi connectivity index (χ2n) is 7.37. The summed E-state index contributed by atoms with van der Waals surface area (Å²) in [4.78, 5) is 38.9. The molecular formula is C25H22N2O6. The van der Waals surface area contributed by atoms with Crippen molar-refractivity contribution in [2.45, 2.75) is 19.9 Å². The number of nitrogens with zero attached hydrogens (tertiary/aromatic N) is 1. The molecule has 2 amide bonds. The Morgan fingerprint density at radius 2 is 1.88 bits per heavy atom. The van der Waals surface area contributed by atoms with Crippen molar-refractivity contribution in [1.82, 2.24) is 0 Å². The van der Waals surface area contributed by atoms with E-state index in [9.17, 15) is 19.5 Å². The Morgan fingerprint density at radius 1 is 1.12 bits per heavy atom. The molecule has 4 rings (SSSR count). The number of ketones is 1. The highest BCUT2D eigenvalue weighted by Crippen LogP contribution is 2.42. The van der Waals surface area contributed by atoms with Crippen molar-refractivity contribution in [2.24, 2.45) is 0 Å². The first-order valence-corrected chi connectivity index (χ1v) is 10.4. The maximum absolute atomic E-state index is 13.1. The lowest BCUT2D eigenvalue weighted by atomic mass is 9.99. The monoisotopic (exact) mass is 446 g/mol. The zero-order valence-electron chi connectivity index (χ0n) is 18.1. The molecule has 0 radical (unpaired) electrons. The average molecular weight is 446 g/mol. The summed E-state index contributed by atoms with van der Waals surface area (Å²) in [5.74, 6) is -1.32. The van der Waals surface area contributed by atoms with Gasteiger partial charge in [0.25, 0.3) is 11.7 Å². The molecule has 1 atom stereocenters. The van der Waals surface area contributed by atoms with Crippen molar-refractivity contribution in [3.05, 3.63) is 83.8 Å². The lowest BCUT2D eigenvalue weighted by molar-refractivity contribution is -0.132. The number of ether oxygens (including phenoxy) is 1. The van der Waals surface area contributed by atoms with Crippen LogP contribution in [0.25, 0.3) is 5.76 Å². The van der Waals surface area contributed by atoms with E-state index in [0.29, 0.717) is 35.1 Å². The van der Waals surface area contributed by atoms with Crippen LogP contribution in [0.3, 0.4) is 0 Å². The molecule has 0 saturated carbocycles. The fourth-order valence-corrected chi connectivity index (χ4v) is 3.78. The molecule has 3 aromatic rings. The average Bonchev–Trinajstić information content (AvgIpc) is 3.41. The number of amides is 2. The van der Waals surface area contributed by atoms with E-state index in [1.807, 2.05) is 6.92 Å². The Balaban J connectivity index is 1.83. The summed E-state index contributed by atoms with van der Waals surface area (Å²) in [5.41, 5.74) is 1.10. The van der Waals surface area contributed by atoms with Gasteiger partial charge in [-0.2, -0.15) is 0 Å². The molecule has 2 heterocycles. The van der Waals surface area contributed by atoms with E-state index < -0.39 is 17.7 Å². The predicted molar refractivity (Wildman–Crippen MR) is 122 cm³/mol. The molecule has 2 N–H and O–H groups in total. The van der Waals surface area contributed by atoms with Crippen LogP contribution >= 0.6 is 0 Å². The van der Waals surface area contributed by atoms with Crippen molar-refractivity contribution in [3.63, 3.8) is 0 Å². The zero-order valence-corrected chi connectivity index (χ0v) is 18.1. The minimum atomic E-state index is -0.987. The highest BCUT2D eigenvalue weighted by atomic mass is 16.5. The Labute approximate surface area is 190 Å². The number of benzene rings is 2. The molecule has 1 fully saturated rings. The maximum atomic E-state index is 13.1. The number of rotatable bonds is 6. The molecule has 0 spiro atoms. The molecule has 2 aromatic carbocycles. The summed E-state index contributed by atoms with van der Waals surface area (Å²) in [7, 11) is 0. The minimum Gasteiger partial charge on any atom is -0.507 e. The summed E-state index contributed by atoms with van der Waals surface area (Å²) in [6.07, 6.45) is 1.43. The van der Waals surface area contributed by atoms with Gasteiger partial charge < -0.3 is 19.6 Å². The fraction of sp³-hybridized carbons (Fsp3) is 0.160. The van der Waals surface area contributed by atoms with E-state index in [1.54, 1.807) is 60.7 Å². The summed E-state index contributed by atoms with van der Waals surface area (Å²) in [6, 6.07) is 15.4. The summed E-state index contributed by atoms with van der Waals surface area (Å²) in [6.45, 7) is 3.73. The number of aliphatic hydroxyl groups excluding tert-OH is 1. The lowest BCUT2D eigenvalue weighted by Gasteiger charge is -2.24. The van der Waals surface area contributed by atoms with Gasteiger partial charge >= 0.3 is 0 Å². The molecule has 8 nitrogen and oxygen atoms in total. The Morgan fingerprint density at radius 3 is 2.52 bits per heavy atom. The van der Waals surface area contributed by atoms with E-state index in [2.05, 4.69) is 5.32 Å². The Kier molecular flexibility index (Phi) is 5.99. The zero-order chi connectivity index (χ0) is 23.5. The molecular weight excluding hydrogens is 424 g/mol. The number of furan rings is 1. The molecule has 1 saturated heterocycles. The Bertz CT molecular complexity index is 1230. The van der Waals surface area contributed by atoms with Gasteiger partial charge in [-0.15, -0.1) is 0 Å². The summed E-state index contributed by atoms with van der Waals surface area (Å²) < 4.78 is 11.0. The Hall–Kier alpha value is -4.33. The van der Waals surface area contributed by atoms with Crippen molar-refractivity contribution in [1.29, 1.82) is 0 Å². The normalized spacial score (nSPS) is 17.3. The fourth-order valence-electron chi connectivity index (χ4n) is 3.78. The molecule has 1 unspecified atom stereocenters. The number of anilines is 2. The number of aliphatic hydroxyl groups is 1. The number of hydrogen-bond acceptors (Lipinski definition) is 6. The number of Topliss-reactive ketones (excluding diaryl/α,β-unsaturated/α-hetero) is 1. The molecule has 0 aliphatic carbocycles. The molecule has 1 aliphatic heterocycles. The second kappa shape index (κ2) is 9.04. The van der Waals surface area contributed by atoms with E-state index >= 15 is 0 Å². The SMILES string of the molecule is CCOc1ccc(/C(O)=C2/C(=O)C(=O)N(c3cccc(NC(C)=O)c3)C2c2ccco2)cc1. The molecule has 33 heavy (non-hydrogen) atoms. The van der Waals surface area contributed by atoms with Crippen LogP contribution < -0.4 is 15.0 Å². The predicted octanol–water partition coefficient (Wildman–Crippen LogP) is 4.26. The molecule has 1 aromatic heterocycles. The van der Waals surface area contributed by atoms with Gasteiger partial charge in [0, 0.05) is 23.9 Å². The standard InChI is InChI=1S/C25H22N2O6/c1-3-32-19-11-9-16(10-12-19)23(29)21-22(20-8-5-13-33-20)27(25(31)24(21)30)18-7-4-6-17(14-18)26-15(2)28/h4-14,22,29H,3H2,1-2H3,(H,26,28)/b23-21-. The van der Waals surface area contributed by atoms with E-state index in [-0.39, 0.29) is 17.2 Å². The van der Waals surface area contributed by atoms with E-state index in [4.69, 9.17) is 9.15 Å². The van der Waals surface area contributed by atoms with Crippen LogP contribution in [0.15, 0.2) is 76.9 Å². The number of hydrogen-bond donors (Lipinski definition) is 2. The van der Waals surface area contributed by atoms with Crippen molar-refractivity contribution in [3.8, 4) is 5.75 Å². The third-order valence-corrected chi connectivity index (χ3v) is 5.14.